The summed E-state index contributed by atoms with van der Waals surface area (Å²) in [5.41, 5.74) is 17.0. The monoisotopic (exact) mass is 900 g/mol. The topological polar surface area (TPSA) is 54.6 Å². The van der Waals surface area contributed by atoms with Gasteiger partial charge in [-0.3, -0.25) is 0 Å². The molecular weight excluding hydrogens is 849 g/mol. The Hall–Kier alpha value is -8.81. The number of hydrogen-bond donors (Lipinski definition) is 0. The normalized spacial score (nSPS) is 15.4. The van der Waals surface area contributed by atoms with Crippen molar-refractivity contribution in [2.45, 2.75) is 27.7 Å². The zero-order valence-electron chi connectivity index (χ0n) is 39.3. The molecule has 10 heteroatoms. The number of anilines is 8. The standard InChI is InChI=1S/C59H52N10/c1-42-5-13-46(14-6-42)61-25-27-65(38-61)50-21-23-53-54-24-22-51(66-28-26-62(39-66)47-15-7-43(2)8-16-47)34-59(54)69(58(53)33-50)52-35-56(67-31-29-63(40-67)48-17-9-44(3)10-18-48)55(37-60)57(36-52)68-32-30-64(41-68)49-19-11-45(4)12-20-49/h5-36H,38-41H2,1-4H3. The van der Waals surface area contributed by atoms with E-state index in [4.69, 9.17) is 0 Å². The quantitative estimate of drug-likeness (QED) is 0.141. The van der Waals surface area contributed by atoms with Gasteiger partial charge in [0, 0.05) is 94.5 Å². The molecule has 4 aliphatic rings. The van der Waals surface area contributed by atoms with Crippen molar-refractivity contribution in [3.8, 4) is 11.8 Å². The highest BCUT2D eigenvalue weighted by molar-refractivity contribution is 6.11. The molecule has 0 fully saturated rings. The second-order valence-electron chi connectivity index (χ2n) is 18.6. The van der Waals surface area contributed by atoms with Gasteiger partial charge in [-0.05, 0) is 113 Å². The van der Waals surface area contributed by atoms with Crippen molar-refractivity contribution >= 4 is 67.3 Å². The van der Waals surface area contributed by atoms with Crippen LogP contribution in [0.15, 0.2) is 195 Å². The highest BCUT2D eigenvalue weighted by Gasteiger charge is 2.28. The van der Waals surface area contributed by atoms with Crippen molar-refractivity contribution in [2.75, 3.05) is 65.9 Å². The number of hydrogen-bond acceptors (Lipinski definition) is 9. The average Bonchev–Trinajstić information content (AvgIpc) is 4.25. The van der Waals surface area contributed by atoms with E-state index >= 15 is 0 Å². The van der Waals surface area contributed by atoms with Gasteiger partial charge in [-0.1, -0.05) is 82.9 Å². The first-order chi connectivity index (χ1) is 33.7. The third-order valence-corrected chi connectivity index (χ3v) is 13.9. The molecule has 0 bridgehead atoms. The summed E-state index contributed by atoms with van der Waals surface area (Å²) in [4.78, 5) is 18.0. The summed E-state index contributed by atoms with van der Waals surface area (Å²) in [6.07, 6.45) is 17.1. The molecule has 69 heavy (non-hydrogen) atoms. The average molecular weight is 901 g/mol. The van der Waals surface area contributed by atoms with Crippen molar-refractivity contribution in [3.05, 3.63) is 223 Å². The maximum atomic E-state index is 11.2. The Bertz CT molecular complexity index is 3210. The third kappa shape index (κ3) is 7.64. The fraction of sp³-hybridized carbons (Fsp3) is 0.136. The molecule has 10 nitrogen and oxygen atoms in total. The number of fused-ring (bicyclic) bond motifs is 3. The summed E-state index contributed by atoms with van der Waals surface area (Å²) in [6, 6.07) is 55.4. The minimum atomic E-state index is 0.561. The summed E-state index contributed by atoms with van der Waals surface area (Å²) in [5, 5.41) is 13.6. The maximum Gasteiger partial charge on any atom is 0.104 e. The molecule has 338 valence electrons. The number of aromatic nitrogens is 1. The second kappa shape index (κ2) is 16.8. The first-order valence-electron chi connectivity index (χ1n) is 23.5. The molecule has 1 aromatic heterocycles. The number of aryl methyl sites for hydroxylation is 4. The third-order valence-electron chi connectivity index (χ3n) is 13.9. The predicted molar refractivity (Wildman–Crippen MR) is 286 cm³/mol. The Kier molecular flexibility index (Phi) is 10.1. The van der Waals surface area contributed by atoms with E-state index in [0.717, 1.165) is 73.0 Å². The van der Waals surface area contributed by atoms with Gasteiger partial charge in [-0.25, -0.2) is 0 Å². The van der Waals surface area contributed by atoms with Crippen LogP contribution in [-0.4, -0.2) is 31.2 Å². The highest BCUT2D eigenvalue weighted by atomic mass is 15.4. The van der Waals surface area contributed by atoms with Crippen LogP contribution in [0.5, 0.6) is 0 Å². The van der Waals surface area contributed by atoms with Gasteiger partial charge in [0.1, 0.15) is 6.07 Å². The lowest BCUT2D eigenvalue weighted by molar-refractivity contribution is 0.955. The van der Waals surface area contributed by atoms with Crippen LogP contribution in [-0.2, 0) is 0 Å². The van der Waals surface area contributed by atoms with Crippen LogP contribution >= 0.6 is 0 Å². The molecule has 4 aliphatic heterocycles. The van der Waals surface area contributed by atoms with Crippen LogP contribution in [0.2, 0.25) is 0 Å². The Balaban J connectivity index is 1.01. The van der Waals surface area contributed by atoms with Gasteiger partial charge < -0.3 is 43.8 Å². The maximum absolute atomic E-state index is 11.2. The van der Waals surface area contributed by atoms with E-state index in [1.54, 1.807) is 0 Å². The first-order valence-corrected chi connectivity index (χ1v) is 23.5. The number of benzene rings is 7. The van der Waals surface area contributed by atoms with Gasteiger partial charge in [0.25, 0.3) is 0 Å². The molecule has 12 rings (SSSR count). The molecule has 0 radical (unpaired) electrons. The molecule has 0 N–H and O–H groups in total. The van der Waals surface area contributed by atoms with Gasteiger partial charge in [0.2, 0.25) is 0 Å². The van der Waals surface area contributed by atoms with Crippen LogP contribution in [0, 0.1) is 39.0 Å². The lowest BCUT2D eigenvalue weighted by Crippen LogP contribution is -2.28. The smallest absolute Gasteiger partial charge is 0.104 e. The lowest BCUT2D eigenvalue weighted by Gasteiger charge is -2.28. The SMILES string of the molecule is Cc1ccc(N2C=CN(c3ccc4c5ccc(N6C=CN(c7ccc(C)cc7)C6)cc5n(-c5cc(N6C=CN(c7ccc(C)cc7)C6)c(C#N)c(N6C=CN(c7ccc(C)cc7)C6)c5)c4c3)C2)cc1. The van der Waals surface area contributed by atoms with E-state index < -0.39 is 0 Å². The first kappa shape index (κ1) is 41.6. The highest BCUT2D eigenvalue weighted by Crippen LogP contribution is 2.42. The van der Waals surface area contributed by atoms with Gasteiger partial charge >= 0.3 is 0 Å². The van der Waals surface area contributed by atoms with E-state index in [2.05, 4.69) is 273 Å². The van der Waals surface area contributed by atoms with E-state index in [1.165, 1.54) is 22.3 Å². The summed E-state index contributed by atoms with van der Waals surface area (Å²) >= 11 is 0. The van der Waals surface area contributed by atoms with Crippen molar-refractivity contribution in [1.29, 1.82) is 5.26 Å². The number of nitrogens with zero attached hydrogens (tertiary/aromatic N) is 10. The second-order valence-corrected chi connectivity index (χ2v) is 18.6. The fourth-order valence-corrected chi connectivity index (χ4v) is 9.87. The van der Waals surface area contributed by atoms with E-state index in [9.17, 15) is 5.26 Å². The van der Waals surface area contributed by atoms with Crippen LogP contribution in [0.25, 0.3) is 27.5 Å². The molecular formula is C59H52N10. The van der Waals surface area contributed by atoms with E-state index in [1.807, 2.05) is 0 Å². The fourth-order valence-electron chi connectivity index (χ4n) is 9.87. The lowest BCUT2D eigenvalue weighted by atomic mass is 10.1. The molecule has 0 saturated heterocycles. The summed E-state index contributed by atoms with van der Waals surface area (Å²) < 4.78 is 2.41. The van der Waals surface area contributed by atoms with Crippen LogP contribution in [0.4, 0.5) is 45.5 Å². The number of nitriles is 1. The molecule has 0 aliphatic carbocycles. The molecule has 5 heterocycles. The van der Waals surface area contributed by atoms with Crippen molar-refractivity contribution in [3.63, 3.8) is 0 Å². The predicted octanol–water partition coefficient (Wildman–Crippen LogP) is 12.9. The van der Waals surface area contributed by atoms with Crippen LogP contribution < -0.4 is 39.2 Å². The van der Waals surface area contributed by atoms with Gasteiger partial charge in [-0.2, -0.15) is 5.26 Å². The Morgan fingerprint density at radius 2 is 0.594 bits per heavy atom. The summed E-state index contributed by atoms with van der Waals surface area (Å²) in [5.74, 6) is 0. The van der Waals surface area contributed by atoms with Crippen molar-refractivity contribution in [2.24, 2.45) is 0 Å². The largest absolute Gasteiger partial charge is 0.328 e. The van der Waals surface area contributed by atoms with Crippen molar-refractivity contribution < 1.29 is 0 Å². The molecule has 0 atom stereocenters. The summed E-state index contributed by atoms with van der Waals surface area (Å²) in [7, 11) is 0. The number of rotatable bonds is 9. The molecule has 0 spiro atoms. The molecule has 0 saturated carbocycles. The van der Waals surface area contributed by atoms with E-state index in [0.29, 0.717) is 32.2 Å². The minimum absolute atomic E-state index is 0.561. The zero-order valence-corrected chi connectivity index (χ0v) is 39.3. The van der Waals surface area contributed by atoms with Gasteiger partial charge in [0.15, 0.2) is 0 Å². The van der Waals surface area contributed by atoms with Crippen LogP contribution in [0.3, 0.4) is 0 Å². The Morgan fingerprint density at radius 3 is 0.913 bits per heavy atom. The van der Waals surface area contributed by atoms with E-state index in [-0.39, 0.29) is 0 Å². The zero-order chi connectivity index (χ0) is 46.8. The van der Waals surface area contributed by atoms with Crippen LogP contribution in [0.1, 0.15) is 27.8 Å². The summed E-state index contributed by atoms with van der Waals surface area (Å²) in [6.45, 7) is 11.0. The molecule has 0 amide bonds. The van der Waals surface area contributed by atoms with Gasteiger partial charge in [-0.15, -0.1) is 0 Å². The van der Waals surface area contributed by atoms with Crippen molar-refractivity contribution in [1.82, 2.24) is 4.57 Å². The Labute approximate surface area is 403 Å². The Morgan fingerprint density at radius 1 is 0.319 bits per heavy atom. The molecule has 0 unspecified atom stereocenters. The molecule has 8 aromatic rings. The molecule has 7 aromatic carbocycles. The minimum Gasteiger partial charge on any atom is -0.328 e. The van der Waals surface area contributed by atoms with Gasteiger partial charge in [0.05, 0.1) is 60.3 Å².